The minimum atomic E-state index is -4.93. The number of carbonyl (C=O) groups is 1. The minimum Gasteiger partial charge on any atom is -0.486 e. The van der Waals surface area contributed by atoms with Crippen molar-refractivity contribution in [1.29, 1.82) is 0 Å². The number of anilines is 1. The number of halogens is 6. The van der Waals surface area contributed by atoms with E-state index < -0.39 is 40.9 Å². The zero-order valence-electron chi connectivity index (χ0n) is 18.9. The Bertz CT molecular complexity index is 1080. The highest BCUT2D eigenvalue weighted by molar-refractivity contribution is 5.76. The molecule has 36 heavy (non-hydrogen) atoms. The van der Waals surface area contributed by atoms with E-state index in [4.69, 9.17) is 9.47 Å². The summed E-state index contributed by atoms with van der Waals surface area (Å²) in [5.74, 6) is -0.820. The van der Waals surface area contributed by atoms with Gasteiger partial charge in [-0.1, -0.05) is 0 Å². The molecule has 3 rings (SSSR count). The van der Waals surface area contributed by atoms with Gasteiger partial charge in [-0.15, -0.1) is 0 Å². The van der Waals surface area contributed by atoms with Crippen molar-refractivity contribution in [1.82, 2.24) is 25.1 Å². The van der Waals surface area contributed by atoms with E-state index in [1.165, 1.54) is 6.92 Å². The van der Waals surface area contributed by atoms with Crippen molar-refractivity contribution in [2.75, 3.05) is 44.3 Å². The highest BCUT2D eigenvalue weighted by Gasteiger charge is 2.38. The van der Waals surface area contributed by atoms with Crippen molar-refractivity contribution in [3.63, 3.8) is 0 Å². The largest absolute Gasteiger partial charge is 0.486 e. The van der Waals surface area contributed by atoms with Gasteiger partial charge in [-0.25, -0.2) is 15.1 Å². The minimum absolute atomic E-state index is 0.00383. The van der Waals surface area contributed by atoms with Gasteiger partial charge in [-0.2, -0.15) is 31.4 Å². The molecule has 1 aliphatic heterocycles. The van der Waals surface area contributed by atoms with Gasteiger partial charge in [0.05, 0.1) is 31.4 Å². The van der Waals surface area contributed by atoms with Crippen LogP contribution in [0.4, 0.5) is 32.3 Å². The molecule has 1 unspecified atom stereocenters. The second-order valence-electron chi connectivity index (χ2n) is 7.83. The molecule has 0 bridgehead atoms. The van der Waals surface area contributed by atoms with E-state index in [0.717, 1.165) is 6.20 Å². The predicted molar refractivity (Wildman–Crippen MR) is 111 cm³/mol. The molecule has 1 atom stereocenters. The topological polar surface area (TPSA) is 114 Å². The van der Waals surface area contributed by atoms with Crippen LogP contribution >= 0.6 is 0 Å². The molecule has 0 spiro atoms. The molecule has 3 heterocycles. The van der Waals surface area contributed by atoms with Crippen LogP contribution in [0.15, 0.2) is 23.4 Å². The molecule has 2 aromatic rings. The summed E-state index contributed by atoms with van der Waals surface area (Å²) in [6, 6.07) is 0. The van der Waals surface area contributed by atoms with Crippen LogP contribution < -0.4 is 15.2 Å². The molecule has 198 valence electrons. The van der Waals surface area contributed by atoms with Gasteiger partial charge >= 0.3 is 12.4 Å². The Balaban J connectivity index is 1.40. The standard InChI is InChI=1S/C20H22F6N6O4/c1-12(36-14-10-29-30-17(34)16(14)20(24,25)26)11-35-7-2-15(33)31-3-5-32(6-4-31)18-27-8-13(9-28-18)19(21,22)23/h8-10,12H,2-7,11H2,1H3,(H,30,34). The third-order valence-electron chi connectivity index (χ3n) is 5.13. The highest BCUT2D eigenvalue weighted by atomic mass is 19.4. The lowest BCUT2D eigenvalue weighted by atomic mass is 10.2. The zero-order valence-corrected chi connectivity index (χ0v) is 18.9. The number of nitrogens with zero attached hydrogens (tertiary/aromatic N) is 5. The first-order chi connectivity index (χ1) is 16.9. The van der Waals surface area contributed by atoms with Crippen LogP contribution in [0.1, 0.15) is 24.5 Å². The van der Waals surface area contributed by atoms with Crippen molar-refractivity contribution >= 4 is 11.9 Å². The fourth-order valence-corrected chi connectivity index (χ4v) is 3.34. The number of H-pyrrole nitrogens is 1. The number of piperazine rings is 1. The Morgan fingerprint density at radius 2 is 1.69 bits per heavy atom. The lowest BCUT2D eigenvalue weighted by Gasteiger charge is -2.34. The summed E-state index contributed by atoms with van der Waals surface area (Å²) in [7, 11) is 0. The molecular formula is C20H22F6N6O4. The maximum atomic E-state index is 13.1. The van der Waals surface area contributed by atoms with Crippen LogP contribution in [-0.4, -0.2) is 76.5 Å². The van der Waals surface area contributed by atoms with E-state index >= 15 is 0 Å². The normalized spacial score (nSPS) is 15.6. The van der Waals surface area contributed by atoms with Crippen LogP contribution in [0.2, 0.25) is 0 Å². The number of aromatic amines is 1. The van der Waals surface area contributed by atoms with E-state index in [1.807, 2.05) is 0 Å². The Morgan fingerprint density at radius 1 is 1.06 bits per heavy atom. The molecule has 0 radical (unpaired) electrons. The molecule has 2 aromatic heterocycles. The van der Waals surface area contributed by atoms with Gasteiger partial charge in [0.25, 0.3) is 5.56 Å². The summed E-state index contributed by atoms with van der Waals surface area (Å²) >= 11 is 0. The average Bonchev–Trinajstić information content (AvgIpc) is 2.80. The average molecular weight is 524 g/mol. The maximum absolute atomic E-state index is 13.1. The van der Waals surface area contributed by atoms with Crippen LogP contribution in [0, 0.1) is 0 Å². The van der Waals surface area contributed by atoms with Crippen molar-refractivity contribution in [2.24, 2.45) is 0 Å². The van der Waals surface area contributed by atoms with Crippen molar-refractivity contribution in [2.45, 2.75) is 31.8 Å². The van der Waals surface area contributed by atoms with Gasteiger partial charge in [0.2, 0.25) is 11.9 Å². The molecule has 0 aromatic carbocycles. The van der Waals surface area contributed by atoms with Gasteiger partial charge in [0, 0.05) is 38.6 Å². The van der Waals surface area contributed by atoms with Crippen LogP contribution in [0.5, 0.6) is 5.75 Å². The number of ether oxygens (including phenoxy) is 2. The highest BCUT2D eigenvalue weighted by Crippen LogP contribution is 2.33. The van der Waals surface area contributed by atoms with E-state index in [2.05, 4.69) is 15.1 Å². The van der Waals surface area contributed by atoms with Gasteiger partial charge in [-0.05, 0) is 6.92 Å². The van der Waals surface area contributed by atoms with Gasteiger partial charge < -0.3 is 19.3 Å². The molecular weight excluding hydrogens is 502 g/mol. The fourth-order valence-electron chi connectivity index (χ4n) is 3.34. The first-order valence-corrected chi connectivity index (χ1v) is 10.7. The third-order valence-corrected chi connectivity index (χ3v) is 5.13. The van der Waals surface area contributed by atoms with Crippen molar-refractivity contribution in [3.8, 4) is 5.75 Å². The summed E-state index contributed by atoms with van der Waals surface area (Å²) < 4.78 is 87.6. The molecule has 1 aliphatic rings. The Kier molecular flexibility index (Phi) is 8.37. The van der Waals surface area contributed by atoms with Crippen molar-refractivity contribution in [3.05, 3.63) is 40.1 Å². The number of aromatic nitrogens is 4. The number of amides is 1. The number of alkyl halides is 6. The lowest BCUT2D eigenvalue weighted by molar-refractivity contribution is -0.141. The number of rotatable bonds is 8. The summed E-state index contributed by atoms with van der Waals surface area (Å²) in [4.78, 5) is 34.6. The van der Waals surface area contributed by atoms with Gasteiger partial charge in [0.15, 0.2) is 11.3 Å². The van der Waals surface area contributed by atoms with E-state index in [0.29, 0.717) is 38.6 Å². The second kappa shape index (κ2) is 11.1. The molecule has 1 fully saturated rings. The first-order valence-electron chi connectivity index (χ1n) is 10.7. The Hall–Kier alpha value is -3.43. The van der Waals surface area contributed by atoms with Gasteiger partial charge in [-0.3, -0.25) is 9.59 Å². The molecule has 0 saturated carbocycles. The van der Waals surface area contributed by atoms with Crippen LogP contribution in [-0.2, 0) is 21.9 Å². The maximum Gasteiger partial charge on any atom is 0.425 e. The quantitative estimate of drug-likeness (QED) is 0.413. The summed E-state index contributed by atoms with van der Waals surface area (Å²) in [5.41, 5.74) is -3.88. The number of hydrogen-bond acceptors (Lipinski definition) is 8. The lowest BCUT2D eigenvalue weighted by Crippen LogP contribution is -2.49. The summed E-state index contributed by atoms with van der Waals surface area (Å²) in [6.07, 6.45) is -8.15. The number of nitrogens with one attached hydrogen (secondary N) is 1. The fraction of sp³-hybridized carbons (Fsp3) is 0.550. The molecule has 1 amide bonds. The van der Waals surface area contributed by atoms with Crippen LogP contribution in [0.3, 0.4) is 0 Å². The monoisotopic (exact) mass is 524 g/mol. The van der Waals surface area contributed by atoms with Crippen molar-refractivity contribution < 1.29 is 40.6 Å². The summed E-state index contributed by atoms with van der Waals surface area (Å²) in [5, 5.41) is 5.02. The molecule has 1 saturated heterocycles. The van der Waals surface area contributed by atoms with Crippen LogP contribution in [0.25, 0.3) is 0 Å². The molecule has 16 heteroatoms. The third kappa shape index (κ3) is 7.05. The zero-order chi connectivity index (χ0) is 26.5. The molecule has 10 nitrogen and oxygen atoms in total. The molecule has 0 aliphatic carbocycles. The van der Waals surface area contributed by atoms with Gasteiger partial charge in [0.1, 0.15) is 6.10 Å². The summed E-state index contributed by atoms with van der Waals surface area (Å²) in [6.45, 7) is 2.54. The van der Waals surface area contributed by atoms with E-state index in [-0.39, 0.29) is 31.5 Å². The smallest absolute Gasteiger partial charge is 0.425 e. The second-order valence-corrected chi connectivity index (χ2v) is 7.83. The number of carbonyl (C=O) groups excluding carboxylic acids is 1. The Morgan fingerprint density at radius 3 is 2.28 bits per heavy atom. The van der Waals surface area contributed by atoms with E-state index in [1.54, 1.807) is 14.9 Å². The predicted octanol–water partition coefficient (Wildman–Crippen LogP) is 2.12. The number of hydrogen-bond donors (Lipinski definition) is 1. The molecule has 1 N–H and O–H groups in total. The van der Waals surface area contributed by atoms with E-state index in [9.17, 15) is 35.9 Å². The Labute approximate surface area is 200 Å². The SMILES string of the molecule is CC(COCCC(=O)N1CCN(c2ncc(C(F)(F)F)cn2)CC1)Oc1cn[nH]c(=O)c1C(F)(F)F. The first kappa shape index (κ1) is 27.2.